The van der Waals surface area contributed by atoms with Crippen LogP contribution in [-0.4, -0.2) is 19.6 Å². The van der Waals surface area contributed by atoms with Gasteiger partial charge in [-0.1, -0.05) is 0 Å². The van der Waals surface area contributed by atoms with Crippen LogP contribution in [0.2, 0.25) is 0 Å². The van der Waals surface area contributed by atoms with Gasteiger partial charge in [-0.15, -0.1) is 0 Å². The number of ether oxygens (including phenoxy) is 1. The van der Waals surface area contributed by atoms with Gasteiger partial charge in [0.1, 0.15) is 24.3 Å². The average molecular weight is 256 g/mol. The molecule has 0 saturated heterocycles. The van der Waals surface area contributed by atoms with Gasteiger partial charge in [-0.2, -0.15) is 10.5 Å². The van der Waals surface area contributed by atoms with Gasteiger partial charge in [-0.05, 0) is 24.3 Å². The number of rotatable bonds is 5. The minimum atomic E-state index is -0.237. The molecule has 0 heterocycles. The summed E-state index contributed by atoms with van der Waals surface area (Å²) < 4.78 is 4.70. The molecule has 0 aliphatic carbocycles. The minimum Gasteiger partial charge on any atom is -0.375 e. The fraction of sp³-hybridized carbons (Fsp3) is 0.154. The molecule has 0 atom stereocenters. The molecule has 0 aromatic heterocycles. The maximum Gasteiger partial charge on any atom is 0.250 e. The number of amides is 1. The molecule has 1 rings (SSSR count). The summed E-state index contributed by atoms with van der Waals surface area (Å²) in [6.07, 6.45) is 1.32. The Balaban J connectivity index is 2.63. The normalized spacial score (nSPS) is 8.79. The van der Waals surface area contributed by atoms with Gasteiger partial charge < -0.3 is 15.4 Å². The van der Waals surface area contributed by atoms with Crippen molar-refractivity contribution in [3.63, 3.8) is 0 Å². The Labute approximate surface area is 110 Å². The molecule has 0 aliphatic rings. The highest BCUT2D eigenvalue weighted by Crippen LogP contribution is 2.13. The van der Waals surface area contributed by atoms with E-state index in [-0.39, 0.29) is 18.1 Å². The number of allylic oxidation sites excluding steroid dienone is 1. The van der Waals surface area contributed by atoms with Crippen LogP contribution in [0.25, 0.3) is 0 Å². The highest BCUT2D eigenvalue weighted by molar-refractivity contribution is 5.91. The summed E-state index contributed by atoms with van der Waals surface area (Å²) in [6, 6.07) is 10.3. The molecule has 2 N–H and O–H groups in total. The zero-order valence-corrected chi connectivity index (χ0v) is 10.3. The monoisotopic (exact) mass is 256 g/mol. The zero-order valence-electron chi connectivity index (χ0n) is 10.3. The Morgan fingerprint density at radius 3 is 2.37 bits per heavy atom. The maximum absolute atomic E-state index is 11.3. The van der Waals surface area contributed by atoms with E-state index in [0.717, 1.165) is 0 Å². The van der Waals surface area contributed by atoms with Crippen molar-refractivity contribution in [2.24, 2.45) is 0 Å². The predicted octanol–water partition coefficient (Wildman–Crippen LogP) is 1.61. The molecule has 6 nitrogen and oxygen atoms in total. The average Bonchev–Trinajstić information content (AvgIpc) is 2.42. The van der Waals surface area contributed by atoms with Crippen molar-refractivity contribution >= 4 is 17.3 Å². The van der Waals surface area contributed by atoms with Crippen molar-refractivity contribution in [3.8, 4) is 12.1 Å². The lowest BCUT2D eigenvalue weighted by atomic mass is 10.2. The first kappa shape index (κ1) is 14.2. The number of nitrogens with zero attached hydrogens (tertiary/aromatic N) is 2. The fourth-order valence-electron chi connectivity index (χ4n) is 1.22. The van der Waals surface area contributed by atoms with Gasteiger partial charge in [-0.3, -0.25) is 4.79 Å². The van der Waals surface area contributed by atoms with Gasteiger partial charge in [0.05, 0.1) is 0 Å². The number of carbonyl (C=O) groups is 1. The van der Waals surface area contributed by atoms with Crippen molar-refractivity contribution in [2.75, 3.05) is 24.4 Å². The van der Waals surface area contributed by atoms with E-state index in [4.69, 9.17) is 15.3 Å². The van der Waals surface area contributed by atoms with Crippen LogP contribution >= 0.6 is 0 Å². The van der Waals surface area contributed by atoms with Crippen LogP contribution in [0, 0.1) is 22.7 Å². The van der Waals surface area contributed by atoms with E-state index in [2.05, 4.69) is 10.6 Å². The number of nitriles is 2. The Morgan fingerprint density at radius 1 is 1.26 bits per heavy atom. The van der Waals surface area contributed by atoms with Gasteiger partial charge in [0, 0.05) is 24.7 Å². The van der Waals surface area contributed by atoms with E-state index >= 15 is 0 Å². The second-order valence-corrected chi connectivity index (χ2v) is 3.48. The van der Waals surface area contributed by atoms with Crippen LogP contribution in [0.15, 0.2) is 36.0 Å². The van der Waals surface area contributed by atoms with E-state index < -0.39 is 0 Å². The Hall–Kier alpha value is -2.83. The molecule has 0 fully saturated rings. The predicted molar refractivity (Wildman–Crippen MR) is 69.9 cm³/mol. The van der Waals surface area contributed by atoms with Crippen LogP contribution in [0.1, 0.15) is 0 Å². The molecular formula is C13H12N4O2. The second kappa shape index (κ2) is 7.49. The molecule has 0 aliphatic heterocycles. The van der Waals surface area contributed by atoms with Crippen LogP contribution in [-0.2, 0) is 9.53 Å². The number of carbonyl (C=O) groups excluding carboxylic acids is 1. The highest BCUT2D eigenvalue weighted by Gasteiger charge is 2.00. The number of hydrogen-bond donors (Lipinski definition) is 2. The minimum absolute atomic E-state index is 0.00353. The largest absolute Gasteiger partial charge is 0.375 e. The number of hydrogen-bond acceptors (Lipinski definition) is 5. The van der Waals surface area contributed by atoms with E-state index in [0.29, 0.717) is 11.4 Å². The molecule has 1 aromatic rings. The Bertz CT molecular complexity index is 533. The zero-order chi connectivity index (χ0) is 14.1. The second-order valence-electron chi connectivity index (χ2n) is 3.48. The molecule has 96 valence electrons. The summed E-state index contributed by atoms with van der Waals surface area (Å²) in [4.78, 5) is 11.3. The van der Waals surface area contributed by atoms with E-state index in [1.165, 1.54) is 13.3 Å². The first-order valence-electron chi connectivity index (χ1n) is 5.35. The SMILES string of the molecule is COCC(=O)Nc1ccc(NC=C(C#N)C#N)cc1. The molecule has 6 heteroatoms. The first-order chi connectivity index (χ1) is 9.19. The summed E-state index contributed by atoms with van der Waals surface area (Å²) in [6.45, 7) is -0.00353. The number of anilines is 2. The Kier molecular flexibility index (Phi) is 5.61. The lowest BCUT2D eigenvalue weighted by Gasteiger charge is -2.05. The third-order valence-electron chi connectivity index (χ3n) is 2.07. The smallest absolute Gasteiger partial charge is 0.250 e. The lowest BCUT2D eigenvalue weighted by Crippen LogP contribution is -2.16. The van der Waals surface area contributed by atoms with E-state index in [1.807, 2.05) is 0 Å². The summed E-state index contributed by atoms with van der Waals surface area (Å²) in [5.41, 5.74) is 1.32. The molecule has 19 heavy (non-hydrogen) atoms. The van der Waals surface area contributed by atoms with Crippen molar-refractivity contribution in [1.82, 2.24) is 0 Å². The lowest BCUT2D eigenvalue weighted by molar-refractivity contribution is -0.119. The van der Waals surface area contributed by atoms with Crippen molar-refractivity contribution < 1.29 is 9.53 Å². The summed E-state index contributed by atoms with van der Waals surface area (Å²) in [5, 5.41) is 22.6. The quantitative estimate of drug-likeness (QED) is 0.780. The van der Waals surface area contributed by atoms with Crippen LogP contribution in [0.4, 0.5) is 11.4 Å². The van der Waals surface area contributed by atoms with Gasteiger partial charge in [0.15, 0.2) is 0 Å². The molecule has 0 saturated carbocycles. The van der Waals surface area contributed by atoms with Crippen molar-refractivity contribution in [1.29, 1.82) is 10.5 Å². The highest BCUT2D eigenvalue weighted by atomic mass is 16.5. The van der Waals surface area contributed by atoms with Crippen molar-refractivity contribution in [2.45, 2.75) is 0 Å². The molecule has 0 radical (unpaired) electrons. The molecule has 0 unspecified atom stereocenters. The number of methoxy groups -OCH3 is 1. The standard InChI is InChI=1S/C13H12N4O2/c1-19-9-13(18)17-12-4-2-11(3-5-12)16-8-10(6-14)7-15/h2-5,8,16H,9H2,1H3,(H,17,18). The van der Waals surface area contributed by atoms with Gasteiger partial charge in [-0.25, -0.2) is 0 Å². The van der Waals surface area contributed by atoms with E-state index in [1.54, 1.807) is 36.4 Å². The molecule has 1 amide bonds. The first-order valence-corrected chi connectivity index (χ1v) is 5.35. The summed E-state index contributed by atoms with van der Waals surface area (Å²) in [7, 11) is 1.45. The summed E-state index contributed by atoms with van der Waals surface area (Å²) in [5.74, 6) is -0.237. The number of nitrogens with one attached hydrogen (secondary N) is 2. The molecule has 0 spiro atoms. The Morgan fingerprint density at radius 2 is 1.84 bits per heavy atom. The van der Waals surface area contributed by atoms with Gasteiger partial charge in [0.25, 0.3) is 0 Å². The van der Waals surface area contributed by atoms with E-state index in [9.17, 15) is 4.79 Å². The van der Waals surface area contributed by atoms with Crippen LogP contribution in [0.3, 0.4) is 0 Å². The molecule has 0 bridgehead atoms. The van der Waals surface area contributed by atoms with Crippen LogP contribution in [0.5, 0.6) is 0 Å². The molecule has 1 aromatic carbocycles. The molecular weight excluding hydrogens is 244 g/mol. The third-order valence-corrected chi connectivity index (χ3v) is 2.07. The maximum atomic E-state index is 11.3. The van der Waals surface area contributed by atoms with Gasteiger partial charge in [0.2, 0.25) is 5.91 Å². The number of benzene rings is 1. The van der Waals surface area contributed by atoms with Crippen molar-refractivity contribution in [3.05, 3.63) is 36.0 Å². The topological polar surface area (TPSA) is 97.9 Å². The van der Waals surface area contributed by atoms with Gasteiger partial charge >= 0.3 is 0 Å². The fourth-order valence-corrected chi connectivity index (χ4v) is 1.22. The third kappa shape index (κ3) is 4.90. The summed E-state index contributed by atoms with van der Waals surface area (Å²) >= 11 is 0. The van der Waals surface area contributed by atoms with Crippen LogP contribution < -0.4 is 10.6 Å².